The van der Waals surface area contributed by atoms with Gasteiger partial charge in [0, 0.05) is 23.5 Å². The van der Waals surface area contributed by atoms with Crippen molar-refractivity contribution in [1.29, 1.82) is 0 Å². The lowest BCUT2D eigenvalue weighted by Crippen LogP contribution is -2.03. The van der Waals surface area contributed by atoms with Crippen molar-refractivity contribution in [3.63, 3.8) is 0 Å². The molecule has 0 saturated carbocycles. The fraction of sp³-hybridized carbons (Fsp3) is 0.304. The van der Waals surface area contributed by atoms with Gasteiger partial charge in [-0.3, -0.25) is 0 Å². The molecule has 0 saturated heterocycles. The number of fused-ring (bicyclic) bond motifs is 2. The molecule has 0 spiro atoms. The Labute approximate surface area is 159 Å². The van der Waals surface area contributed by atoms with Gasteiger partial charge in [0.25, 0.3) is 0 Å². The maximum atomic E-state index is 4.72. The van der Waals surface area contributed by atoms with Crippen molar-refractivity contribution in [2.45, 2.75) is 40.0 Å². The van der Waals surface area contributed by atoms with Crippen molar-refractivity contribution < 1.29 is 0 Å². The van der Waals surface area contributed by atoms with E-state index in [0.717, 1.165) is 51.3 Å². The molecule has 2 N–H and O–H groups in total. The predicted molar refractivity (Wildman–Crippen MR) is 111 cm³/mol. The summed E-state index contributed by atoms with van der Waals surface area (Å²) >= 11 is 0. The number of hydrogen-bond acceptors (Lipinski definition) is 2. The maximum Gasteiger partial charge on any atom is 0.110 e. The zero-order chi connectivity index (χ0) is 19.0. The quantitative estimate of drug-likeness (QED) is 0.498. The predicted octanol–water partition coefficient (Wildman–Crippen LogP) is 5.16. The number of hydrogen-bond donors (Lipinski definition) is 2. The normalized spacial score (nSPS) is 12.5. The number of nitrogens with zero attached hydrogens (tertiary/aromatic N) is 2. The first-order valence-electron chi connectivity index (χ1n) is 9.54. The Balaban J connectivity index is 1.63. The minimum absolute atomic E-state index is 0.404. The molecule has 0 aliphatic carbocycles. The van der Waals surface area contributed by atoms with E-state index in [1.54, 1.807) is 0 Å². The summed E-state index contributed by atoms with van der Waals surface area (Å²) in [5.41, 5.74) is 6.02. The van der Waals surface area contributed by atoms with Gasteiger partial charge in [-0.25, -0.2) is 9.97 Å². The third kappa shape index (κ3) is 3.46. The van der Waals surface area contributed by atoms with E-state index in [0.29, 0.717) is 11.8 Å². The summed E-state index contributed by atoms with van der Waals surface area (Å²) in [5, 5.41) is 0. The molecule has 0 radical (unpaired) electrons. The van der Waals surface area contributed by atoms with Gasteiger partial charge in [0.15, 0.2) is 0 Å². The van der Waals surface area contributed by atoms with Crippen molar-refractivity contribution in [1.82, 2.24) is 19.9 Å². The van der Waals surface area contributed by atoms with Crippen molar-refractivity contribution in [2.75, 3.05) is 0 Å². The summed E-state index contributed by atoms with van der Waals surface area (Å²) < 4.78 is 0. The van der Waals surface area contributed by atoms with Crippen LogP contribution >= 0.6 is 0 Å². The third-order valence-corrected chi connectivity index (χ3v) is 5.15. The summed E-state index contributed by atoms with van der Waals surface area (Å²) in [7, 11) is 0. The summed E-state index contributed by atoms with van der Waals surface area (Å²) in [6.45, 7) is 8.74. The molecule has 4 nitrogen and oxygen atoms in total. The van der Waals surface area contributed by atoms with E-state index < -0.39 is 0 Å². The fourth-order valence-electron chi connectivity index (χ4n) is 3.09. The first-order chi connectivity index (χ1) is 13.0. The minimum Gasteiger partial charge on any atom is -0.342 e. The molecule has 1 atom stereocenters. The molecule has 0 aliphatic heterocycles. The molecule has 2 aromatic carbocycles. The van der Waals surface area contributed by atoms with E-state index in [1.807, 2.05) is 24.3 Å². The smallest absolute Gasteiger partial charge is 0.110 e. The molecule has 2 aromatic heterocycles. The summed E-state index contributed by atoms with van der Waals surface area (Å²) in [6, 6.07) is 12.3. The van der Waals surface area contributed by atoms with Gasteiger partial charge in [0.1, 0.15) is 11.6 Å². The van der Waals surface area contributed by atoms with Crippen molar-refractivity contribution >= 4 is 22.1 Å². The number of aromatic amines is 2. The zero-order valence-electron chi connectivity index (χ0n) is 16.2. The molecule has 4 heteroatoms. The molecular weight excluding hydrogens is 332 g/mol. The molecule has 136 valence electrons. The van der Waals surface area contributed by atoms with Crippen LogP contribution in [-0.4, -0.2) is 19.9 Å². The molecule has 0 aliphatic rings. The lowest BCUT2D eigenvalue weighted by atomic mass is 9.98. The van der Waals surface area contributed by atoms with Crippen LogP contribution < -0.4 is 0 Å². The van der Waals surface area contributed by atoms with Gasteiger partial charge in [0.2, 0.25) is 0 Å². The van der Waals surface area contributed by atoms with Gasteiger partial charge < -0.3 is 9.97 Å². The highest BCUT2D eigenvalue weighted by atomic mass is 14.9. The lowest BCUT2D eigenvalue weighted by molar-refractivity contribution is 0.515. The second kappa shape index (κ2) is 6.92. The largest absolute Gasteiger partial charge is 0.342 e. The average molecular weight is 356 g/mol. The molecule has 4 rings (SSSR count). The molecule has 1 unspecified atom stereocenters. The summed E-state index contributed by atoms with van der Waals surface area (Å²) in [4.78, 5) is 16.1. The minimum atomic E-state index is 0.404. The van der Waals surface area contributed by atoms with Crippen molar-refractivity contribution in [3.8, 4) is 11.8 Å². The van der Waals surface area contributed by atoms with Crippen LogP contribution in [0, 0.1) is 17.8 Å². The van der Waals surface area contributed by atoms with Gasteiger partial charge in [-0.1, -0.05) is 39.5 Å². The highest BCUT2D eigenvalue weighted by molar-refractivity contribution is 5.78. The Morgan fingerprint density at radius 3 is 2.04 bits per heavy atom. The van der Waals surface area contributed by atoms with Crippen LogP contribution in [-0.2, 0) is 6.42 Å². The van der Waals surface area contributed by atoms with E-state index in [4.69, 9.17) is 4.98 Å². The third-order valence-electron chi connectivity index (χ3n) is 5.15. The highest BCUT2D eigenvalue weighted by Gasteiger charge is 2.14. The molecule has 0 bridgehead atoms. The van der Waals surface area contributed by atoms with E-state index in [1.165, 1.54) is 0 Å². The van der Waals surface area contributed by atoms with Gasteiger partial charge in [-0.05, 0) is 42.3 Å². The van der Waals surface area contributed by atoms with Gasteiger partial charge in [-0.2, -0.15) is 0 Å². The van der Waals surface area contributed by atoms with Crippen LogP contribution in [0.4, 0.5) is 0 Å². The SMILES string of the molecule is CCc1nc2ccc(C#Cc3ccc4nc(C(C)C(C)C)[nH]c4c3)cc2[nH]1. The van der Waals surface area contributed by atoms with Crippen LogP contribution in [0.5, 0.6) is 0 Å². The first-order valence-corrected chi connectivity index (χ1v) is 9.54. The van der Waals surface area contributed by atoms with Crippen LogP contribution in [0.2, 0.25) is 0 Å². The monoisotopic (exact) mass is 356 g/mol. The molecule has 0 amide bonds. The molecular formula is C23H24N4. The van der Waals surface area contributed by atoms with Crippen LogP contribution in [0.1, 0.15) is 56.4 Å². The Morgan fingerprint density at radius 2 is 1.44 bits per heavy atom. The summed E-state index contributed by atoms with van der Waals surface area (Å²) in [6.07, 6.45) is 0.900. The number of imidazole rings is 2. The molecule has 0 fully saturated rings. The van der Waals surface area contributed by atoms with Crippen LogP contribution in [0.25, 0.3) is 22.1 Å². The van der Waals surface area contributed by atoms with Gasteiger partial charge in [0.05, 0.1) is 22.1 Å². The number of rotatable bonds is 3. The van der Waals surface area contributed by atoms with Gasteiger partial charge in [-0.15, -0.1) is 0 Å². The van der Waals surface area contributed by atoms with Crippen molar-refractivity contribution in [2.24, 2.45) is 5.92 Å². The summed E-state index contributed by atoms with van der Waals surface area (Å²) in [5.74, 6) is 9.53. The van der Waals surface area contributed by atoms with Crippen LogP contribution in [0.3, 0.4) is 0 Å². The van der Waals surface area contributed by atoms with E-state index in [2.05, 4.69) is 66.6 Å². The maximum absolute atomic E-state index is 4.72. The Bertz CT molecular complexity index is 1170. The molecule has 4 aromatic rings. The first kappa shape index (κ1) is 17.4. The molecule has 2 heterocycles. The van der Waals surface area contributed by atoms with E-state index in [-0.39, 0.29) is 0 Å². The second-order valence-electron chi connectivity index (χ2n) is 7.41. The molecule has 27 heavy (non-hydrogen) atoms. The Hall–Kier alpha value is -3.06. The van der Waals surface area contributed by atoms with Crippen LogP contribution in [0.15, 0.2) is 36.4 Å². The van der Waals surface area contributed by atoms with E-state index >= 15 is 0 Å². The average Bonchev–Trinajstić information content (AvgIpc) is 3.28. The Morgan fingerprint density at radius 1 is 0.852 bits per heavy atom. The number of nitrogens with one attached hydrogen (secondary N) is 2. The number of aromatic nitrogens is 4. The number of H-pyrrole nitrogens is 2. The number of aryl methyl sites for hydroxylation is 1. The second-order valence-corrected chi connectivity index (χ2v) is 7.41. The highest BCUT2D eigenvalue weighted by Crippen LogP contribution is 2.24. The number of benzene rings is 2. The fourth-order valence-corrected chi connectivity index (χ4v) is 3.09. The zero-order valence-corrected chi connectivity index (χ0v) is 16.2. The van der Waals surface area contributed by atoms with Gasteiger partial charge >= 0.3 is 0 Å². The standard InChI is InChI=1S/C23H24N4/c1-5-22-24-18-10-8-16(12-20(18)25-22)6-7-17-9-11-19-21(13-17)27-23(26-19)15(4)14(2)3/h8-15H,5H2,1-4H3,(H,24,25)(H,26,27). The topological polar surface area (TPSA) is 57.4 Å². The Kier molecular flexibility index (Phi) is 4.45. The van der Waals surface area contributed by atoms with E-state index in [9.17, 15) is 0 Å². The lowest BCUT2D eigenvalue weighted by Gasteiger charge is -2.11. The van der Waals surface area contributed by atoms with Crippen molar-refractivity contribution in [3.05, 3.63) is 59.2 Å².